The van der Waals surface area contributed by atoms with Gasteiger partial charge in [0.1, 0.15) is 5.82 Å². The first-order chi connectivity index (χ1) is 8.61. The number of anilines is 1. The van der Waals surface area contributed by atoms with Crippen LogP contribution in [0, 0.1) is 6.92 Å². The van der Waals surface area contributed by atoms with E-state index in [1.54, 1.807) is 0 Å². The van der Waals surface area contributed by atoms with Gasteiger partial charge >= 0.3 is 0 Å². The maximum Gasteiger partial charge on any atom is 0.256 e. The van der Waals surface area contributed by atoms with Crippen LogP contribution in [0.15, 0.2) is 30.5 Å². The molecule has 0 atom stereocenters. The van der Waals surface area contributed by atoms with E-state index < -0.39 is 0 Å². The van der Waals surface area contributed by atoms with E-state index in [0.29, 0.717) is 5.82 Å². The normalized spacial score (nSPS) is 10.1. The molecule has 1 aromatic carbocycles. The third-order valence-corrected chi connectivity index (χ3v) is 2.60. The zero-order valence-corrected chi connectivity index (χ0v) is 10.3. The zero-order chi connectivity index (χ0) is 13.1. The minimum atomic E-state index is -0.289. The maximum atomic E-state index is 11.5. The summed E-state index contributed by atoms with van der Waals surface area (Å²) in [4.78, 5) is 19.8. The quantitative estimate of drug-likeness (QED) is 0.834. The molecule has 18 heavy (non-hydrogen) atoms. The molecule has 5 heteroatoms. The van der Waals surface area contributed by atoms with Gasteiger partial charge in [-0.2, -0.15) is 0 Å². The minimum absolute atomic E-state index is 0.180. The van der Waals surface area contributed by atoms with E-state index >= 15 is 0 Å². The number of nitrogens with one attached hydrogen (secondary N) is 1. The standard InChI is InChI=1S/C13H14N4O/c1-8-3-5-9(6-4-8)12-16-7-10(11(14)17-12)13(18)15-2/h3-7H,1-2H3,(H,15,18)(H2,14,16,17). The Morgan fingerprint density at radius 3 is 2.50 bits per heavy atom. The Labute approximate surface area is 105 Å². The molecule has 0 fully saturated rings. The van der Waals surface area contributed by atoms with Crippen molar-refractivity contribution in [3.05, 3.63) is 41.6 Å². The first-order valence-corrected chi connectivity index (χ1v) is 5.53. The van der Waals surface area contributed by atoms with Crippen molar-refractivity contribution in [3.8, 4) is 11.4 Å². The van der Waals surface area contributed by atoms with Gasteiger partial charge in [0.2, 0.25) is 0 Å². The van der Waals surface area contributed by atoms with Crippen molar-refractivity contribution in [3.63, 3.8) is 0 Å². The van der Waals surface area contributed by atoms with E-state index in [1.165, 1.54) is 13.2 Å². The zero-order valence-electron chi connectivity index (χ0n) is 10.3. The lowest BCUT2D eigenvalue weighted by molar-refractivity contribution is 0.0963. The van der Waals surface area contributed by atoms with Crippen molar-refractivity contribution >= 4 is 11.7 Å². The summed E-state index contributed by atoms with van der Waals surface area (Å²) in [5.74, 6) is 0.406. The van der Waals surface area contributed by atoms with Crippen molar-refractivity contribution in [2.75, 3.05) is 12.8 Å². The number of nitrogen functional groups attached to an aromatic ring is 1. The van der Waals surface area contributed by atoms with Gasteiger partial charge in [0.15, 0.2) is 5.82 Å². The Morgan fingerprint density at radius 2 is 1.94 bits per heavy atom. The summed E-state index contributed by atoms with van der Waals surface area (Å²) in [6, 6.07) is 7.79. The van der Waals surface area contributed by atoms with E-state index in [4.69, 9.17) is 5.73 Å². The summed E-state index contributed by atoms with van der Waals surface area (Å²) >= 11 is 0. The molecule has 0 saturated carbocycles. The first kappa shape index (κ1) is 12.0. The monoisotopic (exact) mass is 242 g/mol. The summed E-state index contributed by atoms with van der Waals surface area (Å²) in [5, 5.41) is 2.49. The Morgan fingerprint density at radius 1 is 1.28 bits per heavy atom. The molecule has 0 spiro atoms. The lowest BCUT2D eigenvalue weighted by Gasteiger charge is -2.05. The van der Waals surface area contributed by atoms with Gasteiger partial charge in [-0.15, -0.1) is 0 Å². The van der Waals surface area contributed by atoms with Crippen molar-refractivity contribution in [1.29, 1.82) is 0 Å². The Hall–Kier alpha value is -2.43. The average molecular weight is 242 g/mol. The minimum Gasteiger partial charge on any atom is -0.383 e. The van der Waals surface area contributed by atoms with Crippen molar-refractivity contribution < 1.29 is 4.79 Å². The van der Waals surface area contributed by atoms with Crippen LogP contribution in [-0.2, 0) is 0 Å². The number of hydrogen-bond acceptors (Lipinski definition) is 4. The molecule has 2 aromatic rings. The van der Waals surface area contributed by atoms with Crippen molar-refractivity contribution in [2.24, 2.45) is 0 Å². The van der Waals surface area contributed by atoms with Crippen LogP contribution < -0.4 is 11.1 Å². The number of carbonyl (C=O) groups is 1. The second-order valence-corrected chi connectivity index (χ2v) is 3.94. The Balaban J connectivity index is 2.40. The molecule has 92 valence electrons. The molecule has 3 N–H and O–H groups in total. The molecule has 1 amide bonds. The van der Waals surface area contributed by atoms with Gasteiger partial charge < -0.3 is 11.1 Å². The predicted molar refractivity (Wildman–Crippen MR) is 70.0 cm³/mol. The summed E-state index contributed by atoms with van der Waals surface area (Å²) < 4.78 is 0. The van der Waals surface area contributed by atoms with E-state index in [0.717, 1.165) is 11.1 Å². The Bertz CT molecular complexity index is 578. The van der Waals surface area contributed by atoms with Gasteiger partial charge in [0, 0.05) is 18.8 Å². The third kappa shape index (κ3) is 2.29. The molecule has 0 bridgehead atoms. The number of benzene rings is 1. The summed E-state index contributed by atoms with van der Waals surface area (Å²) in [7, 11) is 1.54. The molecule has 0 aliphatic heterocycles. The molecule has 0 aliphatic rings. The lowest BCUT2D eigenvalue weighted by Crippen LogP contribution is -2.20. The van der Waals surface area contributed by atoms with Gasteiger partial charge in [0.25, 0.3) is 5.91 Å². The van der Waals surface area contributed by atoms with Gasteiger partial charge in [-0.05, 0) is 6.92 Å². The van der Waals surface area contributed by atoms with Crippen LogP contribution in [0.2, 0.25) is 0 Å². The molecular formula is C13H14N4O. The van der Waals surface area contributed by atoms with Crippen LogP contribution in [0.1, 0.15) is 15.9 Å². The lowest BCUT2D eigenvalue weighted by atomic mass is 10.1. The fourth-order valence-electron chi connectivity index (χ4n) is 1.55. The largest absolute Gasteiger partial charge is 0.383 e. The van der Waals surface area contributed by atoms with E-state index in [-0.39, 0.29) is 17.3 Å². The average Bonchev–Trinajstić information content (AvgIpc) is 2.38. The maximum absolute atomic E-state index is 11.5. The van der Waals surface area contributed by atoms with E-state index in [2.05, 4.69) is 15.3 Å². The highest BCUT2D eigenvalue weighted by Crippen LogP contribution is 2.18. The van der Waals surface area contributed by atoms with Crippen molar-refractivity contribution in [1.82, 2.24) is 15.3 Å². The predicted octanol–water partition coefficient (Wildman–Crippen LogP) is 1.39. The third-order valence-electron chi connectivity index (χ3n) is 2.60. The number of carbonyl (C=O) groups excluding carboxylic acids is 1. The van der Waals surface area contributed by atoms with E-state index in [1.807, 2.05) is 31.2 Å². The van der Waals surface area contributed by atoms with Crippen molar-refractivity contribution in [2.45, 2.75) is 6.92 Å². The second-order valence-electron chi connectivity index (χ2n) is 3.94. The molecule has 0 saturated heterocycles. The number of hydrogen-bond donors (Lipinski definition) is 2. The summed E-state index contributed by atoms with van der Waals surface area (Å²) in [6.07, 6.45) is 1.44. The van der Waals surface area contributed by atoms with Crippen LogP contribution in [-0.4, -0.2) is 22.9 Å². The smallest absolute Gasteiger partial charge is 0.256 e. The second kappa shape index (κ2) is 4.83. The fourth-order valence-corrected chi connectivity index (χ4v) is 1.55. The molecule has 1 aromatic heterocycles. The highest BCUT2D eigenvalue weighted by molar-refractivity contribution is 5.98. The van der Waals surface area contributed by atoms with Crippen LogP contribution in [0.5, 0.6) is 0 Å². The number of aryl methyl sites for hydroxylation is 1. The van der Waals surface area contributed by atoms with Gasteiger partial charge in [-0.25, -0.2) is 9.97 Å². The molecule has 2 rings (SSSR count). The number of aromatic nitrogens is 2. The molecular weight excluding hydrogens is 228 g/mol. The van der Waals surface area contributed by atoms with Crippen LogP contribution in [0.3, 0.4) is 0 Å². The fraction of sp³-hybridized carbons (Fsp3) is 0.154. The summed E-state index contributed by atoms with van der Waals surface area (Å²) in [6.45, 7) is 2.01. The van der Waals surface area contributed by atoms with Gasteiger partial charge in [-0.3, -0.25) is 4.79 Å². The summed E-state index contributed by atoms with van der Waals surface area (Å²) in [5.41, 5.74) is 8.07. The van der Waals surface area contributed by atoms with Crippen LogP contribution in [0.25, 0.3) is 11.4 Å². The van der Waals surface area contributed by atoms with E-state index in [9.17, 15) is 4.79 Å². The highest BCUT2D eigenvalue weighted by atomic mass is 16.1. The SMILES string of the molecule is CNC(=O)c1cnc(-c2ccc(C)cc2)nc1N. The number of nitrogens with two attached hydrogens (primary N) is 1. The van der Waals surface area contributed by atoms with Crippen LogP contribution >= 0.6 is 0 Å². The topological polar surface area (TPSA) is 80.9 Å². The number of nitrogens with zero attached hydrogens (tertiary/aromatic N) is 2. The molecule has 5 nitrogen and oxygen atoms in total. The molecule has 1 heterocycles. The molecule has 0 aliphatic carbocycles. The van der Waals surface area contributed by atoms with Crippen LogP contribution in [0.4, 0.5) is 5.82 Å². The number of rotatable bonds is 2. The highest BCUT2D eigenvalue weighted by Gasteiger charge is 2.11. The van der Waals surface area contributed by atoms with Gasteiger partial charge in [-0.1, -0.05) is 29.8 Å². The first-order valence-electron chi connectivity index (χ1n) is 5.53. The number of amides is 1. The Kier molecular flexibility index (Phi) is 3.23. The molecule has 0 radical (unpaired) electrons. The molecule has 0 unspecified atom stereocenters. The van der Waals surface area contributed by atoms with Gasteiger partial charge in [0.05, 0.1) is 5.56 Å².